The van der Waals surface area contributed by atoms with Gasteiger partial charge in [0.1, 0.15) is 35.4 Å². The lowest BCUT2D eigenvalue weighted by Crippen LogP contribution is -2.01. The van der Waals surface area contributed by atoms with E-state index < -0.39 is 0 Å². The molecule has 0 aliphatic carbocycles. The van der Waals surface area contributed by atoms with Gasteiger partial charge in [-0.05, 0) is 60.7 Å². The van der Waals surface area contributed by atoms with Crippen LogP contribution in [-0.4, -0.2) is 9.13 Å². The van der Waals surface area contributed by atoms with Crippen molar-refractivity contribution in [3.8, 4) is 67.3 Å². The average Bonchev–Trinajstić information content (AvgIpc) is 3.78. The standard InChI is InChI=1S/C30H18N8S2/c31-11-1-13-37-23(15-21(17-33)18-34)3-5-25(37)27-7-9-29(39-27)30-10-8-28(40-30)26-6-4-24(16-22(19-35)20-36)38(26)14-2-12-32/h3-10,15-16H,1-2,13-14H2. The monoisotopic (exact) mass is 554 g/mol. The molecule has 0 aliphatic rings. The Morgan fingerprint density at radius 1 is 0.550 bits per heavy atom. The fourth-order valence-electron chi connectivity index (χ4n) is 4.16. The minimum absolute atomic E-state index is 0.00418. The molecule has 10 heteroatoms. The first-order valence-electron chi connectivity index (χ1n) is 11.9. The Morgan fingerprint density at radius 2 is 0.925 bits per heavy atom. The zero-order chi connectivity index (χ0) is 28.5. The molecule has 0 fully saturated rings. The van der Waals surface area contributed by atoms with Gasteiger partial charge in [0.15, 0.2) is 0 Å². The van der Waals surface area contributed by atoms with Crippen LogP contribution in [0.2, 0.25) is 0 Å². The van der Waals surface area contributed by atoms with E-state index in [1.54, 1.807) is 22.7 Å². The van der Waals surface area contributed by atoms with Crippen LogP contribution in [0.25, 0.3) is 43.0 Å². The van der Waals surface area contributed by atoms with Gasteiger partial charge in [-0.1, -0.05) is 0 Å². The quantitative estimate of drug-likeness (QED) is 0.201. The molecule has 0 saturated carbocycles. The van der Waals surface area contributed by atoms with E-state index >= 15 is 0 Å². The molecular weight excluding hydrogens is 537 g/mol. The summed E-state index contributed by atoms with van der Waals surface area (Å²) in [6.45, 7) is 0.863. The second-order valence-corrected chi connectivity index (χ2v) is 10.5. The fourth-order valence-corrected chi connectivity index (χ4v) is 6.33. The first-order valence-corrected chi connectivity index (χ1v) is 13.6. The fraction of sp³-hybridized carbons (Fsp3) is 0.133. The van der Waals surface area contributed by atoms with E-state index in [-0.39, 0.29) is 24.0 Å². The lowest BCUT2D eigenvalue weighted by molar-refractivity contribution is 0.722. The number of allylic oxidation sites excluding steroid dienone is 2. The average molecular weight is 555 g/mol. The van der Waals surface area contributed by atoms with Crippen molar-refractivity contribution in [1.82, 2.24) is 9.13 Å². The molecule has 0 radical (unpaired) electrons. The molecule has 4 heterocycles. The molecule has 0 unspecified atom stereocenters. The number of aromatic nitrogens is 2. The molecule has 4 aromatic rings. The van der Waals surface area contributed by atoms with Gasteiger partial charge >= 0.3 is 0 Å². The number of nitriles is 6. The first kappa shape index (κ1) is 27.4. The van der Waals surface area contributed by atoms with Crippen molar-refractivity contribution in [1.29, 1.82) is 31.6 Å². The highest BCUT2D eigenvalue weighted by Crippen LogP contribution is 2.41. The summed E-state index contributed by atoms with van der Waals surface area (Å²) in [5.41, 5.74) is 3.17. The summed E-state index contributed by atoms with van der Waals surface area (Å²) < 4.78 is 3.89. The molecule has 4 aromatic heterocycles. The van der Waals surface area contributed by atoms with Crippen LogP contribution in [0.1, 0.15) is 24.2 Å². The third-order valence-corrected chi connectivity index (χ3v) is 8.36. The van der Waals surface area contributed by atoms with Gasteiger partial charge < -0.3 is 9.13 Å². The predicted molar refractivity (Wildman–Crippen MR) is 153 cm³/mol. The number of thiophene rings is 2. The van der Waals surface area contributed by atoms with Crippen LogP contribution < -0.4 is 0 Å². The van der Waals surface area contributed by atoms with Crippen LogP contribution in [0, 0.1) is 68.0 Å². The van der Waals surface area contributed by atoms with Gasteiger partial charge in [0.2, 0.25) is 0 Å². The van der Waals surface area contributed by atoms with Crippen LogP contribution in [0.3, 0.4) is 0 Å². The van der Waals surface area contributed by atoms with E-state index in [9.17, 15) is 21.0 Å². The maximum absolute atomic E-state index is 9.17. The van der Waals surface area contributed by atoms with Crippen molar-refractivity contribution < 1.29 is 0 Å². The van der Waals surface area contributed by atoms with Crippen molar-refractivity contribution in [2.24, 2.45) is 0 Å². The minimum Gasteiger partial charge on any atom is -0.339 e. The zero-order valence-electron chi connectivity index (χ0n) is 21.0. The van der Waals surface area contributed by atoms with Gasteiger partial charge in [-0.25, -0.2) is 0 Å². The Labute approximate surface area is 239 Å². The van der Waals surface area contributed by atoms with E-state index in [2.05, 4.69) is 12.1 Å². The molecule has 0 N–H and O–H groups in total. The molecule has 0 bridgehead atoms. The van der Waals surface area contributed by atoms with Gasteiger partial charge in [-0.2, -0.15) is 31.6 Å². The van der Waals surface area contributed by atoms with Crippen molar-refractivity contribution in [2.45, 2.75) is 25.9 Å². The second kappa shape index (κ2) is 12.8. The third-order valence-electron chi connectivity index (χ3n) is 5.95. The lowest BCUT2D eigenvalue weighted by atomic mass is 10.2. The highest BCUT2D eigenvalue weighted by Gasteiger charge is 2.16. The molecule has 190 valence electrons. The summed E-state index contributed by atoms with van der Waals surface area (Å²) in [5.74, 6) is 0. The molecule has 0 spiro atoms. The number of rotatable bonds is 9. The van der Waals surface area contributed by atoms with Gasteiger partial charge in [0, 0.05) is 34.2 Å². The number of nitrogens with zero attached hydrogens (tertiary/aromatic N) is 8. The molecule has 40 heavy (non-hydrogen) atoms. The molecule has 0 aromatic carbocycles. The normalized spacial score (nSPS) is 9.75. The van der Waals surface area contributed by atoms with Crippen LogP contribution in [-0.2, 0) is 13.1 Å². The largest absolute Gasteiger partial charge is 0.339 e. The number of hydrogen-bond acceptors (Lipinski definition) is 8. The second-order valence-electron chi connectivity index (χ2n) is 8.30. The SMILES string of the molecule is N#CCCn1c(C=C(C#N)C#N)ccc1-c1ccc(-c2ccc(-c3ccc(C=C(C#N)C#N)n3CCC#N)s2)s1. The Kier molecular flexibility index (Phi) is 8.74. The first-order chi connectivity index (χ1) is 19.6. The van der Waals surface area contributed by atoms with E-state index in [0.717, 1.165) is 30.9 Å². The van der Waals surface area contributed by atoms with Gasteiger partial charge in [-0.15, -0.1) is 22.7 Å². The Morgan fingerprint density at radius 3 is 1.27 bits per heavy atom. The summed E-state index contributed by atoms with van der Waals surface area (Å²) in [6, 6.07) is 27.5. The predicted octanol–water partition coefficient (Wildman–Crippen LogP) is 7.10. The summed E-state index contributed by atoms with van der Waals surface area (Å²) in [4.78, 5) is 4.09. The molecule has 0 aliphatic heterocycles. The summed E-state index contributed by atoms with van der Waals surface area (Å²) in [7, 11) is 0. The summed E-state index contributed by atoms with van der Waals surface area (Å²) in [5, 5.41) is 55.0. The van der Waals surface area contributed by atoms with E-state index in [0.29, 0.717) is 24.5 Å². The summed E-state index contributed by atoms with van der Waals surface area (Å²) >= 11 is 3.20. The minimum atomic E-state index is -0.00418. The molecular formula is C30H18N8S2. The molecule has 8 nitrogen and oxygen atoms in total. The van der Waals surface area contributed by atoms with E-state index in [1.165, 1.54) is 12.2 Å². The van der Waals surface area contributed by atoms with Crippen molar-refractivity contribution in [2.75, 3.05) is 0 Å². The maximum atomic E-state index is 9.17. The molecule has 0 atom stereocenters. The Hall–Kier alpha value is -5.62. The van der Waals surface area contributed by atoms with Crippen LogP contribution in [0.4, 0.5) is 0 Å². The highest BCUT2D eigenvalue weighted by molar-refractivity contribution is 7.25. The smallest absolute Gasteiger partial charge is 0.131 e. The van der Waals surface area contributed by atoms with Crippen LogP contribution in [0.5, 0.6) is 0 Å². The highest BCUT2D eigenvalue weighted by atomic mass is 32.1. The van der Waals surface area contributed by atoms with E-state index in [1.807, 2.05) is 81.9 Å². The van der Waals surface area contributed by atoms with Gasteiger partial charge in [0.25, 0.3) is 0 Å². The van der Waals surface area contributed by atoms with Gasteiger partial charge in [0.05, 0.1) is 46.1 Å². The third kappa shape index (κ3) is 5.76. The van der Waals surface area contributed by atoms with Crippen molar-refractivity contribution in [3.63, 3.8) is 0 Å². The Balaban J connectivity index is 1.69. The van der Waals surface area contributed by atoms with Crippen LogP contribution in [0.15, 0.2) is 59.7 Å². The molecule has 4 rings (SSSR count). The summed E-state index contributed by atoms with van der Waals surface area (Å²) in [6.07, 6.45) is 3.64. The topological polar surface area (TPSA) is 153 Å². The zero-order valence-corrected chi connectivity index (χ0v) is 22.6. The van der Waals surface area contributed by atoms with E-state index in [4.69, 9.17) is 10.5 Å². The number of hydrogen-bond donors (Lipinski definition) is 0. The van der Waals surface area contributed by atoms with Crippen molar-refractivity contribution in [3.05, 3.63) is 71.1 Å². The lowest BCUT2D eigenvalue weighted by Gasteiger charge is -2.09. The van der Waals surface area contributed by atoms with Crippen molar-refractivity contribution >= 4 is 34.8 Å². The molecule has 0 saturated heterocycles. The van der Waals surface area contributed by atoms with Crippen LogP contribution >= 0.6 is 22.7 Å². The molecule has 0 amide bonds. The van der Waals surface area contributed by atoms with Gasteiger partial charge in [-0.3, -0.25) is 0 Å². The Bertz CT molecular complexity index is 1710. The maximum Gasteiger partial charge on any atom is 0.131 e.